The van der Waals surface area contributed by atoms with Crippen LogP contribution in [0.5, 0.6) is 0 Å². The lowest BCUT2D eigenvalue weighted by Crippen LogP contribution is -2.08. The molecule has 0 amide bonds. The second-order valence-electron chi connectivity index (χ2n) is 15.0. The van der Waals surface area contributed by atoms with Crippen molar-refractivity contribution in [3.63, 3.8) is 0 Å². The number of amidine groups is 1. The van der Waals surface area contributed by atoms with Gasteiger partial charge >= 0.3 is 0 Å². The van der Waals surface area contributed by atoms with Crippen LogP contribution in [-0.2, 0) is 6.67 Å². The van der Waals surface area contributed by atoms with E-state index < -0.39 is 0 Å². The number of fused-ring (bicyclic) bond motifs is 3. The molecule has 0 aliphatic heterocycles. The molecule has 0 saturated carbocycles. The fraction of sp³-hybridized carbons (Fsp3) is 0.123. The van der Waals surface area contributed by atoms with Gasteiger partial charge in [0.05, 0.1) is 11.0 Å². The van der Waals surface area contributed by atoms with Gasteiger partial charge in [-0.25, -0.2) is 9.98 Å². The first-order chi connectivity index (χ1) is 29.4. The number of benzene rings is 6. The summed E-state index contributed by atoms with van der Waals surface area (Å²) in [7, 11) is 0. The van der Waals surface area contributed by atoms with Crippen molar-refractivity contribution in [2.75, 3.05) is 0 Å². The number of allylic oxidation sites excluding steroid dienone is 4. The zero-order valence-electron chi connectivity index (χ0n) is 35.1. The predicted molar refractivity (Wildman–Crippen MR) is 257 cm³/mol. The Labute approximate surface area is 356 Å². The van der Waals surface area contributed by atoms with E-state index in [9.17, 15) is 0 Å². The van der Waals surface area contributed by atoms with Crippen LogP contribution in [0.4, 0.5) is 0 Å². The molecule has 0 N–H and O–H groups in total. The number of para-hydroxylation sites is 1. The second-order valence-corrected chi connectivity index (χ2v) is 15.0. The van der Waals surface area contributed by atoms with E-state index >= 15 is 0 Å². The Balaban J connectivity index is 0.000000286. The molecule has 1 unspecified atom stereocenters. The Morgan fingerprint density at radius 2 is 1.32 bits per heavy atom. The molecule has 0 fully saturated rings. The fourth-order valence-corrected chi connectivity index (χ4v) is 7.80. The first-order valence-corrected chi connectivity index (χ1v) is 20.5. The predicted octanol–water partition coefficient (Wildman–Crippen LogP) is 14.7. The van der Waals surface area contributed by atoms with Crippen LogP contribution in [0.15, 0.2) is 211 Å². The first kappa shape index (κ1) is 40.9. The van der Waals surface area contributed by atoms with Crippen molar-refractivity contribution in [1.82, 2.24) is 4.57 Å². The molecule has 0 spiro atoms. The van der Waals surface area contributed by atoms with Gasteiger partial charge in [0.15, 0.2) is 5.84 Å². The van der Waals surface area contributed by atoms with Crippen molar-refractivity contribution >= 4 is 33.4 Å². The maximum absolute atomic E-state index is 5.19. The maximum Gasteiger partial charge on any atom is 0.156 e. The Bertz CT molecular complexity index is 2770. The summed E-state index contributed by atoms with van der Waals surface area (Å²) >= 11 is 0. The van der Waals surface area contributed by atoms with Crippen molar-refractivity contribution < 1.29 is 0 Å². The molecule has 0 radical (unpaired) electrons. The molecule has 1 aromatic heterocycles. The van der Waals surface area contributed by atoms with Crippen molar-refractivity contribution in [2.45, 2.75) is 46.7 Å². The van der Waals surface area contributed by atoms with Crippen molar-refractivity contribution in [3.8, 4) is 22.3 Å². The van der Waals surface area contributed by atoms with E-state index in [0.717, 1.165) is 40.2 Å². The molecule has 3 nitrogen and oxygen atoms in total. The lowest BCUT2D eigenvalue weighted by atomic mass is 9.89. The fourth-order valence-electron chi connectivity index (χ4n) is 7.80. The number of aromatic nitrogens is 1. The number of hydrogen-bond donors (Lipinski definition) is 0. The first-order valence-electron chi connectivity index (χ1n) is 20.5. The van der Waals surface area contributed by atoms with Crippen LogP contribution in [0.2, 0.25) is 0 Å². The van der Waals surface area contributed by atoms with Gasteiger partial charge in [-0.05, 0) is 115 Å². The standard InChI is InChI=1S/C41H33N3.C14H14.C2H4/c1-29-17-26-40-38(27-29)37-15-9-10-16-39(37)44(40)28-42-41(36-24-22-35(23-25-36)33-13-7-4-8-14-33)43-30(2)31-18-20-34(21-19-31)32-11-5-3-6-12-32;1-11-7-3-5-9-13(11)14-10-6-4-8-12(14)2;1-2/h3,5-7,9-20,22-27,34H,21,28H2,1-2H3;3-10H,1-2H3;1-2H2/b42-41-,43-30?;;. The third-order valence-electron chi connectivity index (χ3n) is 11.0. The molecule has 1 atom stereocenters. The van der Waals surface area contributed by atoms with Gasteiger partial charge < -0.3 is 4.57 Å². The number of aliphatic imine (C=N–C) groups is 2. The minimum absolute atomic E-state index is 0.389. The van der Waals surface area contributed by atoms with Crippen LogP contribution in [0.1, 0.15) is 47.1 Å². The van der Waals surface area contributed by atoms with Gasteiger partial charge in [-0.2, -0.15) is 0 Å². The number of nitrogens with zero attached hydrogens (tertiary/aromatic N) is 3. The highest BCUT2D eigenvalue weighted by Gasteiger charge is 2.15. The summed E-state index contributed by atoms with van der Waals surface area (Å²) in [5.74, 6) is 1.11. The van der Waals surface area contributed by atoms with Gasteiger partial charge in [0.1, 0.15) is 6.67 Å². The summed E-state index contributed by atoms with van der Waals surface area (Å²) in [6, 6.07) is 63.4. The van der Waals surface area contributed by atoms with Crippen LogP contribution in [0.3, 0.4) is 0 Å². The number of hydrogen-bond acceptors (Lipinski definition) is 1. The van der Waals surface area contributed by atoms with Crippen LogP contribution in [0.25, 0.3) is 44.1 Å². The highest BCUT2D eigenvalue weighted by atomic mass is 15.1. The number of aryl methyl sites for hydroxylation is 3. The molecule has 1 aliphatic rings. The summed E-state index contributed by atoms with van der Waals surface area (Å²) in [6.45, 7) is 15.0. The van der Waals surface area contributed by atoms with Crippen LogP contribution < -0.4 is 0 Å². The van der Waals surface area contributed by atoms with Gasteiger partial charge in [-0.3, -0.25) is 0 Å². The van der Waals surface area contributed by atoms with Crippen molar-refractivity contribution in [1.29, 1.82) is 0 Å². The Morgan fingerprint density at radius 1 is 0.667 bits per heavy atom. The molecular formula is C57H51N3. The summed E-state index contributed by atoms with van der Waals surface area (Å²) in [5, 5.41) is 2.50. The highest BCUT2D eigenvalue weighted by molar-refractivity contribution is 6.13. The van der Waals surface area contributed by atoms with E-state index in [1.807, 2.05) is 12.1 Å². The molecule has 3 heteroatoms. The summed E-state index contributed by atoms with van der Waals surface area (Å²) in [4.78, 5) is 10.4. The van der Waals surface area contributed by atoms with E-state index in [1.165, 1.54) is 55.2 Å². The molecule has 7 aromatic carbocycles. The minimum atomic E-state index is 0.389. The van der Waals surface area contributed by atoms with E-state index in [0.29, 0.717) is 12.6 Å². The van der Waals surface area contributed by atoms with Crippen molar-refractivity contribution in [2.24, 2.45) is 9.98 Å². The summed E-state index contributed by atoms with van der Waals surface area (Å²) in [5.41, 5.74) is 15.6. The van der Waals surface area contributed by atoms with Gasteiger partial charge in [-0.1, -0.05) is 163 Å². The van der Waals surface area contributed by atoms with Crippen LogP contribution in [-0.4, -0.2) is 16.1 Å². The Morgan fingerprint density at radius 3 is 1.97 bits per heavy atom. The zero-order valence-corrected chi connectivity index (χ0v) is 35.1. The van der Waals surface area contributed by atoms with Gasteiger partial charge in [-0.15, -0.1) is 13.2 Å². The quantitative estimate of drug-likeness (QED) is 0.0876. The third kappa shape index (κ3) is 9.36. The Hall–Kier alpha value is -7.28. The lowest BCUT2D eigenvalue weighted by Gasteiger charge is -2.17. The molecular weight excluding hydrogens is 727 g/mol. The number of rotatable bonds is 7. The highest BCUT2D eigenvalue weighted by Crippen LogP contribution is 2.31. The average Bonchev–Trinajstić information content (AvgIpc) is 3.62. The van der Waals surface area contributed by atoms with E-state index in [1.54, 1.807) is 0 Å². The summed E-state index contributed by atoms with van der Waals surface area (Å²) < 4.78 is 2.30. The van der Waals surface area contributed by atoms with E-state index in [4.69, 9.17) is 9.98 Å². The van der Waals surface area contributed by atoms with Gasteiger partial charge in [0.2, 0.25) is 0 Å². The topological polar surface area (TPSA) is 29.6 Å². The van der Waals surface area contributed by atoms with E-state index in [2.05, 4.69) is 227 Å². The molecule has 1 aliphatic carbocycles. The maximum atomic E-state index is 5.19. The molecule has 1 heterocycles. The molecule has 294 valence electrons. The van der Waals surface area contributed by atoms with E-state index in [-0.39, 0.29) is 0 Å². The SMILES string of the molecule is C=C.CC(=N/C(=N\Cn1c2ccccc2c2cc(C)ccc21)c1ccc(-c2cc#ccc2)cc1)C1=CCC(c2ccccc2)C=C1.Cc1ccccc1-c1ccccc1C. The molecule has 60 heavy (non-hydrogen) atoms. The third-order valence-corrected chi connectivity index (χ3v) is 11.0. The minimum Gasteiger partial charge on any atom is -0.320 e. The van der Waals surface area contributed by atoms with Gasteiger partial charge in [0, 0.05) is 28.0 Å². The normalized spacial score (nSPS) is 13.7. The summed E-state index contributed by atoms with van der Waals surface area (Å²) in [6.07, 6.45) is 7.76. The van der Waals surface area contributed by atoms with Crippen molar-refractivity contribution in [3.05, 3.63) is 241 Å². The molecule has 0 bridgehead atoms. The monoisotopic (exact) mass is 777 g/mol. The average molecular weight is 778 g/mol. The largest absolute Gasteiger partial charge is 0.320 e. The second kappa shape index (κ2) is 19.4. The van der Waals surface area contributed by atoms with Crippen LogP contribution >= 0.6 is 0 Å². The molecule has 8 aromatic rings. The molecule has 9 rings (SSSR count). The van der Waals surface area contributed by atoms with Gasteiger partial charge in [0.25, 0.3) is 0 Å². The molecule has 0 saturated heterocycles. The smallest absolute Gasteiger partial charge is 0.156 e. The zero-order chi connectivity index (χ0) is 41.8. The Kier molecular flexibility index (Phi) is 13.3. The lowest BCUT2D eigenvalue weighted by molar-refractivity contribution is 0.791. The van der Waals surface area contributed by atoms with Crippen LogP contribution in [0, 0.1) is 32.9 Å².